The maximum absolute atomic E-state index is 12.7. The van der Waals surface area contributed by atoms with Gasteiger partial charge in [-0.1, -0.05) is 12.1 Å². The maximum atomic E-state index is 12.7. The van der Waals surface area contributed by atoms with Crippen LogP contribution >= 0.6 is 0 Å². The smallest absolute Gasteiger partial charge is 0.222 e. The summed E-state index contributed by atoms with van der Waals surface area (Å²) in [5.74, 6) is -0.287. The van der Waals surface area contributed by atoms with Crippen molar-refractivity contribution in [2.45, 2.75) is 32.4 Å². The van der Waals surface area contributed by atoms with Crippen LogP contribution in [0.15, 0.2) is 24.3 Å². The van der Waals surface area contributed by atoms with Gasteiger partial charge in [-0.25, -0.2) is 4.39 Å². The highest BCUT2D eigenvalue weighted by atomic mass is 19.1. The lowest BCUT2D eigenvalue weighted by Crippen LogP contribution is -2.41. The van der Waals surface area contributed by atoms with Crippen molar-refractivity contribution in [3.8, 4) is 0 Å². The van der Waals surface area contributed by atoms with Gasteiger partial charge in [0.15, 0.2) is 0 Å². The molecule has 0 aliphatic heterocycles. The molecule has 0 aromatic heterocycles. The number of carbonyl (C=O) groups excluding carboxylic acids is 1. The van der Waals surface area contributed by atoms with Gasteiger partial charge in [-0.15, -0.1) is 0 Å². The van der Waals surface area contributed by atoms with E-state index in [0.717, 1.165) is 5.56 Å². The molecule has 0 atom stereocenters. The number of nitrogens with one attached hydrogen (secondary N) is 2. The molecule has 1 rings (SSSR count). The Morgan fingerprint density at radius 1 is 1.29 bits per heavy atom. The summed E-state index contributed by atoms with van der Waals surface area (Å²) in [4.78, 5) is 11.6. The van der Waals surface area contributed by atoms with Gasteiger partial charge in [0.2, 0.25) is 5.91 Å². The molecule has 0 spiro atoms. The van der Waals surface area contributed by atoms with Crippen molar-refractivity contribution < 1.29 is 9.18 Å². The molecular formula is C13H19FN2O. The first-order valence-electron chi connectivity index (χ1n) is 5.63. The van der Waals surface area contributed by atoms with Crippen molar-refractivity contribution in [2.75, 3.05) is 7.05 Å². The normalized spacial score (nSPS) is 11.3. The lowest BCUT2D eigenvalue weighted by molar-refractivity contribution is -0.122. The van der Waals surface area contributed by atoms with Crippen LogP contribution in [0.2, 0.25) is 0 Å². The van der Waals surface area contributed by atoms with Crippen LogP contribution in [0.5, 0.6) is 0 Å². The molecule has 3 nitrogen and oxygen atoms in total. The molecule has 0 unspecified atom stereocenters. The number of amides is 1. The fourth-order valence-corrected chi connectivity index (χ4v) is 1.36. The Bertz CT molecular complexity index is 374. The summed E-state index contributed by atoms with van der Waals surface area (Å²) in [6, 6.07) is 6.11. The highest BCUT2D eigenvalue weighted by molar-refractivity contribution is 5.77. The zero-order valence-electron chi connectivity index (χ0n) is 10.5. The first-order chi connectivity index (χ1) is 7.93. The minimum Gasteiger partial charge on any atom is -0.352 e. The van der Waals surface area contributed by atoms with Gasteiger partial charge >= 0.3 is 0 Å². The van der Waals surface area contributed by atoms with E-state index in [-0.39, 0.29) is 17.3 Å². The van der Waals surface area contributed by atoms with Gasteiger partial charge in [0, 0.05) is 18.5 Å². The van der Waals surface area contributed by atoms with Crippen LogP contribution in [-0.4, -0.2) is 18.5 Å². The van der Waals surface area contributed by atoms with E-state index in [2.05, 4.69) is 10.6 Å². The van der Waals surface area contributed by atoms with Crippen LogP contribution in [0.25, 0.3) is 0 Å². The standard InChI is InChI=1S/C13H19FN2O/c1-13(2,15-3)8-12(17)16-9-10-4-6-11(14)7-5-10/h4-7,15H,8-9H2,1-3H3,(H,16,17). The van der Waals surface area contributed by atoms with E-state index in [1.807, 2.05) is 20.9 Å². The SMILES string of the molecule is CNC(C)(C)CC(=O)NCc1ccc(F)cc1. The zero-order valence-corrected chi connectivity index (χ0v) is 10.5. The molecule has 4 heteroatoms. The largest absolute Gasteiger partial charge is 0.352 e. The highest BCUT2D eigenvalue weighted by Gasteiger charge is 2.18. The Labute approximate surface area is 101 Å². The van der Waals surface area contributed by atoms with Gasteiger partial charge in [-0.05, 0) is 38.6 Å². The predicted molar refractivity (Wildman–Crippen MR) is 66.0 cm³/mol. The minimum atomic E-state index is -0.267. The van der Waals surface area contributed by atoms with Crippen molar-refractivity contribution in [3.63, 3.8) is 0 Å². The van der Waals surface area contributed by atoms with Crippen molar-refractivity contribution in [1.82, 2.24) is 10.6 Å². The van der Waals surface area contributed by atoms with E-state index >= 15 is 0 Å². The van der Waals surface area contributed by atoms with E-state index in [1.54, 1.807) is 12.1 Å². The maximum Gasteiger partial charge on any atom is 0.222 e. The Hall–Kier alpha value is -1.42. The lowest BCUT2D eigenvalue weighted by Gasteiger charge is -2.23. The second kappa shape index (κ2) is 5.77. The summed E-state index contributed by atoms with van der Waals surface area (Å²) >= 11 is 0. The van der Waals surface area contributed by atoms with Crippen molar-refractivity contribution in [2.24, 2.45) is 0 Å². The molecule has 0 fully saturated rings. The summed E-state index contributed by atoms with van der Waals surface area (Å²) in [7, 11) is 1.83. The molecule has 0 aliphatic carbocycles. The van der Waals surface area contributed by atoms with Crippen LogP contribution in [0, 0.1) is 5.82 Å². The quantitative estimate of drug-likeness (QED) is 0.821. The number of benzene rings is 1. The highest BCUT2D eigenvalue weighted by Crippen LogP contribution is 2.07. The first kappa shape index (κ1) is 13.6. The molecule has 1 amide bonds. The Kier molecular flexibility index (Phi) is 4.63. The molecule has 17 heavy (non-hydrogen) atoms. The second-order valence-electron chi connectivity index (χ2n) is 4.71. The molecule has 0 saturated heterocycles. The molecule has 2 N–H and O–H groups in total. The number of rotatable bonds is 5. The Balaban J connectivity index is 2.41. The van der Waals surface area contributed by atoms with Crippen LogP contribution < -0.4 is 10.6 Å². The fraction of sp³-hybridized carbons (Fsp3) is 0.462. The average Bonchev–Trinajstić information content (AvgIpc) is 2.28. The third-order valence-corrected chi connectivity index (χ3v) is 2.68. The van der Waals surface area contributed by atoms with Gasteiger partial charge in [0.1, 0.15) is 5.82 Å². The van der Waals surface area contributed by atoms with Crippen molar-refractivity contribution in [1.29, 1.82) is 0 Å². The van der Waals surface area contributed by atoms with E-state index in [4.69, 9.17) is 0 Å². The predicted octanol–water partition coefficient (Wildman–Crippen LogP) is 1.83. The second-order valence-corrected chi connectivity index (χ2v) is 4.71. The molecule has 0 saturated carbocycles. The Morgan fingerprint density at radius 2 is 1.88 bits per heavy atom. The van der Waals surface area contributed by atoms with Gasteiger partial charge in [-0.2, -0.15) is 0 Å². The van der Waals surface area contributed by atoms with Crippen molar-refractivity contribution in [3.05, 3.63) is 35.6 Å². The third kappa shape index (κ3) is 4.95. The number of hydrogen-bond acceptors (Lipinski definition) is 2. The number of hydrogen-bond donors (Lipinski definition) is 2. The third-order valence-electron chi connectivity index (χ3n) is 2.68. The number of halogens is 1. The topological polar surface area (TPSA) is 41.1 Å². The van der Waals surface area contributed by atoms with Crippen LogP contribution in [-0.2, 0) is 11.3 Å². The number of carbonyl (C=O) groups is 1. The average molecular weight is 238 g/mol. The van der Waals surface area contributed by atoms with Gasteiger partial charge in [0.25, 0.3) is 0 Å². The van der Waals surface area contributed by atoms with Crippen molar-refractivity contribution >= 4 is 5.91 Å². The molecule has 0 heterocycles. The fourth-order valence-electron chi connectivity index (χ4n) is 1.36. The van der Waals surface area contributed by atoms with Gasteiger partial charge in [0.05, 0.1) is 0 Å². The summed E-state index contributed by atoms with van der Waals surface area (Å²) in [6.45, 7) is 4.36. The first-order valence-corrected chi connectivity index (χ1v) is 5.63. The summed E-state index contributed by atoms with van der Waals surface area (Å²) in [5.41, 5.74) is 0.675. The lowest BCUT2D eigenvalue weighted by atomic mass is 10.0. The molecular weight excluding hydrogens is 219 g/mol. The summed E-state index contributed by atoms with van der Waals surface area (Å²) < 4.78 is 12.7. The summed E-state index contributed by atoms with van der Waals surface area (Å²) in [5, 5.41) is 5.87. The van der Waals surface area contributed by atoms with Crippen LogP contribution in [0.4, 0.5) is 4.39 Å². The van der Waals surface area contributed by atoms with E-state index in [9.17, 15) is 9.18 Å². The monoisotopic (exact) mass is 238 g/mol. The van der Waals surface area contributed by atoms with E-state index in [0.29, 0.717) is 13.0 Å². The van der Waals surface area contributed by atoms with E-state index in [1.165, 1.54) is 12.1 Å². The molecule has 0 bridgehead atoms. The zero-order chi connectivity index (χ0) is 12.9. The molecule has 1 aromatic rings. The Morgan fingerprint density at radius 3 is 2.41 bits per heavy atom. The van der Waals surface area contributed by atoms with Gasteiger partial charge in [-0.3, -0.25) is 4.79 Å². The van der Waals surface area contributed by atoms with Crippen LogP contribution in [0.3, 0.4) is 0 Å². The molecule has 0 radical (unpaired) electrons. The summed E-state index contributed by atoms with van der Waals surface area (Å²) in [6.07, 6.45) is 0.407. The minimum absolute atomic E-state index is 0.0197. The molecule has 0 aliphatic rings. The molecule has 1 aromatic carbocycles. The van der Waals surface area contributed by atoms with E-state index < -0.39 is 0 Å². The molecule has 94 valence electrons. The van der Waals surface area contributed by atoms with Crippen LogP contribution in [0.1, 0.15) is 25.8 Å². The van der Waals surface area contributed by atoms with Gasteiger partial charge < -0.3 is 10.6 Å².